The zero-order valence-electron chi connectivity index (χ0n) is 10.4. The van der Waals surface area contributed by atoms with Crippen molar-refractivity contribution in [2.45, 2.75) is 52.1 Å². The fourth-order valence-electron chi connectivity index (χ4n) is 2.75. The molecule has 16 heavy (non-hydrogen) atoms. The molecule has 1 atom stereocenters. The van der Waals surface area contributed by atoms with Crippen LogP contribution in [-0.4, -0.2) is 11.2 Å². The van der Waals surface area contributed by atoms with Gasteiger partial charge in [0.2, 0.25) is 0 Å². The van der Waals surface area contributed by atoms with Crippen molar-refractivity contribution in [2.24, 2.45) is 5.92 Å². The summed E-state index contributed by atoms with van der Waals surface area (Å²) in [5.41, 5.74) is 3.92. The smallest absolute Gasteiger partial charge is 0.0608 e. The van der Waals surface area contributed by atoms with Gasteiger partial charge in [-0.25, -0.2) is 0 Å². The number of rotatable bonds is 3. The number of hydrogen-bond acceptors (Lipinski definition) is 1. The summed E-state index contributed by atoms with van der Waals surface area (Å²) in [5, 5.41) is 10.2. The quantitative estimate of drug-likeness (QED) is 0.824. The van der Waals surface area contributed by atoms with Gasteiger partial charge in [-0.05, 0) is 50.2 Å². The molecule has 1 aromatic carbocycles. The van der Waals surface area contributed by atoms with Gasteiger partial charge in [0.25, 0.3) is 0 Å². The monoisotopic (exact) mass is 218 g/mol. The van der Waals surface area contributed by atoms with Gasteiger partial charge in [0, 0.05) is 0 Å². The maximum atomic E-state index is 10.2. The summed E-state index contributed by atoms with van der Waals surface area (Å²) < 4.78 is 0. The highest BCUT2D eigenvalue weighted by molar-refractivity contribution is 5.31. The van der Waals surface area contributed by atoms with Gasteiger partial charge in [0.05, 0.1) is 6.10 Å². The molecule has 1 nitrogen and oxygen atoms in total. The van der Waals surface area contributed by atoms with Crippen LogP contribution in [0.3, 0.4) is 0 Å². The van der Waals surface area contributed by atoms with E-state index in [0.29, 0.717) is 5.92 Å². The van der Waals surface area contributed by atoms with E-state index >= 15 is 0 Å². The summed E-state index contributed by atoms with van der Waals surface area (Å²) in [7, 11) is 0. The molecule has 0 amide bonds. The Morgan fingerprint density at radius 2 is 1.94 bits per heavy atom. The molecule has 0 radical (unpaired) electrons. The number of aliphatic hydroxyl groups is 1. The van der Waals surface area contributed by atoms with E-state index in [9.17, 15) is 5.11 Å². The second-order valence-corrected chi connectivity index (χ2v) is 5.25. The normalized spacial score (nSPS) is 18.9. The van der Waals surface area contributed by atoms with Gasteiger partial charge in [-0.1, -0.05) is 36.6 Å². The van der Waals surface area contributed by atoms with Crippen molar-refractivity contribution in [3.05, 3.63) is 34.9 Å². The molecular weight excluding hydrogens is 196 g/mol. The van der Waals surface area contributed by atoms with Gasteiger partial charge < -0.3 is 5.11 Å². The average molecular weight is 218 g/mol. The first-order valence-electron chi connectivity index (χ1n) is 6.41. The Balaban J connectivity index is 2.04. The number of benzene rings is 1. The summed E-state index contributed by atoms with van der Waals surface area (Å²) in [5.74, 6) is 0.542. The molecule has 0 bridgehead atoms. The largest absolute Gasteiger partial charge is 0.392 e. The highest BCUT2D eigenvalue weighted by atomic mass is 16.3. The summed E-state index contributed by atoms with van der Waals surface area (Å²) in [4.78, 5) is 0. The second-order valence-electron chi connectivity index (χ2n) is 5.25. The minimum atomic E-state index is -0.136. The second kappa shape index (κ2) is 5.01. The molecule has 2 rings (SSSR count). The van der Waals surface area contributed by atoms with Crippen LogP contribution < -0.4 is 0 Å². The summed E-state index contributed by atoms with van der Waals surface area (Å²) >= 11 is 0. The van der Waals surface area contributed by atoms with E-state index in [1.807, 2.05) is 0 Å². The predicted molar refractivity (Wildman–Crippen MR) is 67.6 cm³/mol. The topological polar surface area (TPSA) is 20.2 Å². The SMILES string of the molecule is Cc1ccc(C)c(CC(O)C2CCCC2)c1. The standard InChI is InChI=1S/C15H22O/c1-11-7-8-12(2)14(9-11)10-15(16)13-5-3-4-6-13/h7-9,13,15-16H,3-6,10H2,1-2H3. The Labute approximate surface area is 98.5 Å². The van der Waals surface area contributed by atoms with Crippen molar-refractivity contribution < 1.29 is 5.11 Å². The third-order valence-electron chi connectivity index (χ3n) is 3.88. The Kier molecular flexibility index (Phi) is 3.65. The lowest BCUT2D eigenvalue weighted by molar-refractivity contribution is 0.111. The lowest BCUT2D eigenvalue weighted by atomic mass is 9.92. The molecule has 0 aromatic heterocycles. The Morgan fingerprint density at radius 1 is 1.25 bits per heavy atom. The third kappa shape index (κ3) is 2.65. The maximum Gasteiger partial charge on any atom is 0.0608 e. The molecule has 1 aliphatic rings. The van der Waals surface area contributed by atoms with Crippen LogP contribution in [0.1, 0.15) is 42.4 Å². The van der Waals surface area contributed by atoms with Gasteiger partial charge in [0.15, 0.2) is 0 Å². The first-order chi connectivity index (χ1) is 7.66. The summed E-state index contributed by atoms with van der Waals surface area (Å²) in [6, 6.07) is 6.51. The van der Waals surface area contributed by atoms with Crippen LogP contribution in [0.2, 0.25) is 0 Å². The van der Waals surface area contributed by atoms with Crippen LogP contribution in [0.15, 0.2) is 18.2 Å². The number of aliphatic hydroxyl groups excluding tert-OH is 1. The van der Waals surface area contributed by atoms with E-state index in [4.69, 9.17) is 0 Å². The van der Waals surface area contributed by atoms with Crippen LogP contribution in [-0.2, 0) is 6.42 Å². The first-order valence-corrected chi connectivity index (χ1v) is 6.41. The highest BCUT2D eigenvalue weighted by Crippen LogP contribution is 2.29. The lowest BCUT2D eigenvalue weighted by Crippen LogP contribution is -2.20. The fourth-order valence-corrected chi connectivity index (χ4v) is 2.75. The van der Waals surface area contributed by atoms with Gasteiger partial charge in [-0.3, -0.25) is 0 Å². The van der Waals surface area contributed by atoms with Gasteiger partial charge >= 0.3 is 0 Å². The van der Waals surface area contributed by atoms with Crippen molar-refractivity contribution in [3.8, 4) is 0 Å². The molecule has 1 unspecified atom stereocenters. The van der Waals surface area contributed by atoms with E-state index < -0.39 is 0 Å². The average Bonchev–Trinajstić information content (AvgIpc) is 2.76. The first kappa shape index (κ1) is 11.7. The van der Waals surface area contributed by atoms with Crippen LogP contribution >= 0.6 is 0 Å². The molecule has 1 aliphatic carbocycles. The van der Waals surface area contributed by atoms with Crippen molar-refractivity contribution in [1.29, 1.82) is 0 Å². The van der Waals surface area contributed by atoms with Gasteiger partial charge in [-0.2, -0.15) is 0 Å². The zero-order valence-corrected chi connectivity index (χ0v) is 10.4. The van der Waals surface area contributed by atoms with Crippen molar-refractivity contribution in [1.82, 2.24) is 0 Å². The van der Waals surface area contributed by atoms with Crippen molar-refractivity contribution >= 4 is 0 Å². The number of hydrogen-bond donors (Lipinski definition) is 1. The van der Waals surface area contributed by atoms with Crippen LogP contribution in [0.25, 0.3) is 0 Å². The van der Waals surface area contributed by atoms with E-state index in [-0.39, 0.29) is 6.10 Å². The Hall–Kier alpha value is -0.820. The minimum absolute atomic E-state index is 0.136. The van der Waals surface area contributed by atoms with Gasteiger partial charge in [0.1, 0.15) is 0 Å². The molecule has 0 heterocycles. The summed E-state index contributed by atoms with van der Waals surface area (Å²) in [6.45, 7) is 4.25. The predicted octanol–water partition coefficient (Wildman–Crippen LogP) is 3.40. The molecule has 1 saturated carbocycles. The fraction of sp³-hybridized carbons (Fsp3) is 0.600. The van der Waals surface area contributed by atoms with E-state index in [1.165, 1.54) is 42.4 Å². The lowest BCUT2D eigenvalue weighted by Gasteiger charge is -2.19. The molecule has 0 spiro atoms. The maximum absolute atomic E-state index is 10.2. The highest BCUT2D eigenvalue weighted by Gasteiger charge is 2.23. The van der Waals surface area contributed by atoms with Gasteiger partial charge in [-0.15, -0.1) is 0 Å². The molecule has 1 heteroatoms. The van der Waals surface area contributed by atoms with E-state index in [1.54, 1.807) is 0 Å². The Morgan fingerprint density at radius 3 is 2.62 bits per heavy atom. The van der Waals surface area contributed by atoms with E-state index in [0.717, 1.165) is 6.42 Å². The third-order valence-corrected chi connectivity index (χ3v) is 3.88. The zero-order chi connectivity index (χ0) is 11.5. The number of aryl methyl sites for hydroxylation is 2. The summed E-state index contributed by atoms with van der Waals surface area (Å²) in [6.07, 6.45) is 5.72. The molecule has 1 aromatic rings. The Bertz CT molecular complexity index is 350. The van der Waals surface area contributed by atoms with Crippen LogP contribution in [0.4, 0.5) is 0 Å². The molecular formula is C15H22O. The molecule has 0 saturated heterocycles. The molecule has 0 aliphatic heterocycles. The molecule has 1 N–H and O–H groups in total. The minimum Gasteiger partial charge on any atom is -0.392 e. The van der Waals surface area contributed by atoms with E-state index in [2.05, 4.69) is 32.0 Å². The van der Waals surface area contributed by atoms with Crippen LogP contribution in [0, 0.1) is 19.8 Å². The van der Waals surface area contributed by atoms with Crippen LogP contribution in [0.5, 0.6) is 0 Å². The van der Waals surface area contributed by atoms with Crippen molar-refractivity contribution in [3.63, 3.8) is 0 Å². The molecule has 88 valence electrons. The van der Waals surface area contributed by atoms with Crippen molar-refractivity contribution in [2.75, 3.05) is 0 Å². The molecule has 1 fully saturated rings.